The zero-order valence-electron chi connectivity index (χ0n) is 17.2. The molecule has 2 saturated heterocycles. The number of piperazine rings is 1. The van der Waals surface area contributed by atoms with Gasteiger partial charge in [0.25, 0.3) is 0 Å². The maximum absolute atomic E-state index is 5.38. The second-order valence-electron chi connectivity index (χ2n) is 7.77. The Balaban J connectivity index is 1.11. The first kappa shape index (κ1) is 20.2. The van der Waals surface area contributed by atoms with Crippen LogP contribution in [0.3, 0.4) is 0 Å². The van der Waals surface area contributed by atoms with Crippen molar-refractivity contribution in [2.24, 2.45) is 0 Å². The van der Waals surface area contributed by atoms with E-state index in [9.17, 15) is 0 Å². The minimum Gasteiger partial charge on any atom is -0.378 e. The number of benzene rings is 1. The van der Waals surface area contributed by atoms with Gasteiger partial charge in [-0.3, -0.25) is 9.80 Å². The molecule has 3 heterocycles. The van der Waals surface area contributed by atoms with Gasteiger partial charge in [-0.2, -0.15) is 0 Å². The highest BCUT2D eigenvalue weighted by molar-refractivity contribution is 5.30. The fraction of sp³-hybridized carbons (Fsp3) is 0.545. The molecule has 7 nitrogen and oxygen atoms in total. The van der Waals surface area contributed by atoms with E-state index in [0.717, 1.165) is 90.2 Å². The SMILES string of the molecule is c1ccc(CN2CCN(CCNCc3cnc(N4CCOCC4)nc3)CC2)cc1. The van der Waals surface area contributed by atoms with Crippen LogP contribution >= 0.6 is 0 Å². The highest BCUT2D eigenvalue weighted by atomic mass is 16.5. The predicted molar refractivity (Wildman–Crippen MR) is 115 cm³/mol. The third-order valence-corrected chi connectivity index (χ3v) is 5.63. The van der Waals surface area contributed by atoms with Crippen molar-refractivity contribution in [3.8, 4) is 0 Å². The van der Waals surface area contributed by atoms with Gasteiger partial charge in [0.2, 0.25) is 5.95 Å². The molecule has 0 atom stereocenters. The number of nitrogens with one attached hydrogen (secondary N) is 1. The van der Waals surface area contributed by atoms with Gasteiger partial charge in [-0.15, -0.1) is 0 Å². The summed E-state index contributed by atoms with van der Waals surface area (Å²) in [5.41, 5.74) is 2.54. The average Bonchev–Trinajstić information content (AvgIpc) is 2.79. The van der Waals surface area contributed by atoms with E-state index in [-0.39, 0.29) is 0 Å². The molecule has 0 saturated carbocycles. The molecule has 0 radical (unpaired) electrons. The third-order valence-electron chi connectivity index (χ3n) is 5.63. The first-order valence-corrected chi connectivity index (χ1v) is 10.7. The molecule has 7 heteroatoms. The zero-order valence-corrected chi connectivity index (χ0v) is 17.2. The van der Waals surface area contributed by atoms with Crippen LogP contribution in [0.25, 0.3) is 0 Å². The van der Waals surface area contributed by atoms with E-state index in [1.54, 1.807) is 0 Å². The normalized spacial score (nSPS) is 18.8. The lowest BCUT2D eigenvalue weighted by atomic mass is 10.2. The molecule has 1 aromatic carbocycles. The lowest BCUT2D eigenvalue weighted by Gasteiger charge is -2.34. The lowest BCUT2D eigenvalue weighted by molar-refractivity contribution is 0.122. The summed E-state index contributed by atoms with van der Waals surface area (Å²) in [5, 5.41) is 3.53. The van der Waals surface area contributed by atoms with Gasteiger partial charge >= 0.3 is 0 Å². The van der Waals surface area contributed by atoms with Crippen LogP contribution < -0.4 is 10.2 Å². The summed E-state index contributed by atoms with van der Waals surface area (Å²) in [5.74, 6) is 0.811. The summed E-state index contributed by atoms with van der Waals surface area (Å²) in [6.45, 7) is 11.8. The van der Waals surface area contributed by atoms with E-state index in [1.165, 1.54) is 5.56 Å². The van der Waals surface area contributed by atoms with Gasteiger partial charge in [-0.1, -0.05) is 30.3 Å². The van der Waals surface area contributed by atoms with Gasteiger partial charge in [-0.25, -0.2) is 9.97 Å². The quantitative estimate of drug-likeness (QED) is 0.674. The van der Waals surface area contributed by atoms with Crippen LogP contribution in [0.2, 0.25) is 0 Å². The molecular formula is C22H32N6O. The molecule has 0 spiro atoms. The summed E-state index contributed by atoms with van der Waals surface area (Å²) in [6.07, 6.45) is 3.88. The Bertz CT molecular complexity index is 712. The molecule has 0 amide bonds. The highest BCUT2D eigenvalue weighted by Crippen LogP contribution is 2.10. The minimum absolute atomic E-state index is 0.757. The predicted octanol–water partition coefficient (Wildman–Crippen LogP) is 1.22. The number of hydrogen-bond donors (Lipinski definition) is 1. The van der Waals surface area contributed by atoms with Crippen LogP contribution in [0.5, 0.6) is 0 Å². The number of anilines is 1. The molecule has 2 aliphatic heterocycles. The summed E-state index contributed by atoms with van der Waals surface area (Å²) in [4.78, 5) is 16.3. The molecule has 0 aliphatic carbocycles. The smallest absolute Gasteiger partial charge is 0.225 e. The molecule has 0 unspecified atom stereocenters. The summed E-state index contributed by atoms with van der Waals surface area (Å²) in [6, 6.07) is 10.8. The number of aromatic nitrogens is 2. The van der Waals surface area contributed by atoms with E-state index in [0.29, 0.717) is 0 Å². The fourth-order valence-electron chi connectivity index (χ4n) is 3.85. The molecular weight excluding hydrogens is 364 g/mol. The number of ether oxygens (including phenoxy) is 1. The number of morpholine rings is 1. The van der Waals surface area contributed by atoms with Gasteiger partial charge in [-0.05, 0) is 5.56 Å². The summed E-state index contributed by atoms with van der Waals surface area (Å²) in [7, 11) is 0. The largest absolute Gasteiger partial charge is 0.378 e. The summed E-state index contributed by atoms with van der Waals surface area (Å²) >= 11 is 0. The van der Waals surface area contributed by atoms with E-state index in [4.69, 9.17) is 4.74 Å². The maximum atomic E-state index is 5.38. The number of hydrogen-bond acceptors (Lipinski definition) is 7. The van der Waals surface area contributed by atoms with E-state index < -0.39 is 0 Å². The van der Waals surface area contributed by atoms with Crippen LogP contribution in [-0.4, -0.2) is 85.3 Å². The highest BCUT2D eigenvalue weighted by Gasteiger charge is 2.16. The average molecular weight is 397 g/mol. The first-order valence-electron chi connectivity index (χ1n) is 10.7. The third kappa shape index (κ3) is 6.21. The van der Waals surface area contributed by atoms with Gasteiger partial charge in [0.1, 0.15) is 0 Å². The Morgan fingerprint density at radius 3 is 2.24 bits per heavy atom. The van der Waals surface area contributed by atoms with Crippen molar-refractivity contribution >= 4 is 5.95 Å². The molecule has 29 heavy (non-hydrogen) atoms. The van der Waals surface area contributed by atoms with Crippen LogP contribution in [-0.2, 0) is 17.8 Å². The van der Waals surface area contributed by atoms with Crippen LogP contribution in [0.15, 0.2) is 42.7 Å². The molecule has 2 aromatic rings. The Hall–Kier alpha value is -2.06. The molecule has 0 bridgehead atoms. The molecule has 1 aromatic heterocycles. The Morgan fingerprint density at radius 1 is 0.828 bits per heavy atom. The molecule has 4 rings (SSSR count). The van der Waals surface area contributed by atoms with Crippen molar-refractivity contribution in [1.29, 1.82) is 0 Å². The molecule has 2 fully saturated rings. The van der Waals surface area contributed by atoms with Gasteiger partial charge < -0.3 is 15.0 Å². The Labute approximate surface area is 173 Å². The number of nitrogens with zero attached hydrogens (tertiary/aromatic N) is 5. The van der Waals surface area contributed by atoms with Gasteiger partial charge in [0.05, 0.1) is 13.2 Å². The molecule has 2 aliphatic rings. The van der Waals surface area contributed by atoms with Crippen LogP contribution in [0.4, 0.5) is 5.95 Å². The first-order chi connectivity index (χ1) is 14.4. The fourth-order valence-corrected chi connectivity index (χ4v) is 3.85. The van der Waals surface area contributed by atoms with E-state index in [2.05, 4.69) is 60.3 Å². The standard InChI is InChI=1S/C22H32N6O/c1-2-4-20(5-3-1)19-27-10-8-26(9-11-27)7-6-23-16-21-17-24-22(25-18-21)28-12-14-29-15-13-28/h1-5,17-18,23H,6-16,19H2. The van der Waals surface area contributed by atoms with Crippen LogP contribution in [0.1, 0.15) is 11.1 Å². The van der Waals surface area contributed by atoms with Crippen LogP contribution in [0, 0.1) is 0 Å². The molecule has 1 N–H and O–H groups in total. The van der Waals surface area contributed by atoms with Crippen molar-refractivity contribution in [2.45, 2.75) is 13.1 Å². The minimum atomic E-state index is 0.757. The second-order valence-corrected chi connectivity index (χ2v) is 7.77. The van der Waals surface area contributed by atoms with E-state index in [1.807, 2.05) is 12.4 Å². The van der Waals surface area contributed by atoms with Crippen molar-refractivity contribution in [2.75, 3.05) is 70.5 Å². The maximum Gasteiger partial charge on any atom is 0.225 e. The zero-order chi connectivity index (χ0) is 19.7. The number of rotatable bonds is 8. The van der Waals surface area contributed by atoms with Crippen molar-refractivity contribution in [3.63, 3.8) is 0 Å². The lowest BCUT2D eigenvalue weighted by Crippen LogP contribution is -2.47. The second kappa shape index (κ2) is 10.6. The van der Waals surface area contributed by atoms with Gasteiger partial charge in [0.15, 0.2) is 0 Å². The Kier molecular flexibility index (Phi) is 7.42. The van der Waals surface area contributed by atoms with Crippen molar-refractivity contribution < 1.29 is 4.74 Å². The molecule has 156 valence electrons. The van der Waals surface area contributed by atoms with Gasteiger partial charge in [0, 0.05) is 83.4 Å². The summed E-state index contributed by atoms with van der Waals surface area (Å²) < 4.78 is 5.38. The van der Waals surface area contributed by atoms with Crippen molar-refractivity contribution in [3.05, 3.63) is 53.9 Å². The van der Waals surface area contributed by atoms with Crippen molar-refractivity contribution in [1.82, 2.24) is 25.1 Å². The monoisotopic (exact) mass is 396 g/mol. The van der Waals surface area contributed by atoms with E-state index >= 15 is 0 Å². The Morgan fingerprint density at radius 2 is 1.52 bits per heavy atom. The topological polar surface area (TPSA) is 56.8 Å².